The first kappa shape index (κ1) is 18.8. The van der Waals surface area contributed by atoms with E-state index in [1.807, 2.05) is 0 Å². The van der Waals surface area contributed by atoms with Gasteiger partial charge in [-0.3, -0.25) is 9.59 Å². The number of nitrogens with one attached hydrogen (secondary N) is 2. The molecule has 1 aliphatic heterocycles. The third-order valence-corrected chi connectivity index (χ3v) is 4.92. The topological polar surface area (TPSA) is 66.9 Å². The molecule has 0 bridgehead atoms. The minimum Gasteiger partial charge on any atom is -0.351 e. The van der Waals surface area contributed by atoms with Gasteiger partial charge in [-0.2, -0.15) is 13.2 Å². The molecule has 4 rings (SSSR count). The zero-order valence-corrected chi connectivity index (χ0v) is 15.5. The van der Waals surface area contributed by atoms with Gasteiger partial charge < -0.3 is 14.9 Å². The number of carbonyl (C=O) groups is 1. The van der Waals surface area contributed by atoms with Gasteiger partial charge in [-0.1, -0.05) is 12.1 Å². The molecule has 5 nitrogen and oxygen atoms in total. The fourth-order valence-corrected chi connectivity index (χ4v) is 3.61. The van der Waals surface area contributed by atoms with Gasteiger partial charge in [-0.15, -0.1) is 0 Å². The highest BCUT2D eigenvalue weighted by Gasteiger charge is 2.34. The Bertz CT molecular complexity index is 1230. The third-order valence-electron chi connectivity index (χ3n) is 4.92. The van der Waals surface area contributed by atoms with E-state index < -0.39 is 23.1 Å². The van der Waals surface area contributed by atoms with Gasteiger partial charge in [0.2, 0.25) is 5.78 Å². The molecule has 29 heavy (non-hydrogen) atoms. The molecule has 1 aromatic carbocycles. The lowest BCUT2D eigenvalue weighted by Gasteiger charge is -2.16. The van der Waals surface area contributed by atoms with Crippen molar-refractivity contribution in [1.29, 1.82) is 0 Å². The van der Waals surface area contributed by atoms with Gasteiger partial charge in [0, 0.05) is 17.6 Å². The number of hydrogen-bond donors (Lipinski definition) is 2. The van der Waals surface area contributed by atoms with Crippen LogP contribution in [-0.4, -0.2) is 15.3 Å². The maximum atomic E-state index is 13.5. The number of Topliss-reactive ketones (excluding diaryl/α,β-unsaturated/α-hetero) is 1. The van der Waals surface area contributed by atoms with Crippen LogP contribution in [0.3, 0.4) is 0 Å². The fourth-order valence-electron chi connectivity index (χ4n) is 3.61. The van der Waals surface area contributed by atoms with E-state index >= 15 is 0 Å². The Morgan fingerprint density at radius 1 is 1.07 bits per heavy atom. The number of benzene rings is 1. The maximum absolute atomic E-state index is 13.5. The molecular formula is C21H16F3N3O2. The van der Waals surface area contributed by atoms with E-state index in [0.717, 1.165) is 6.07 Å². The molecule has 0 radical (unpaired) electrons. The molecule has 0 amide bonds. The van der Waals surface area contributed by atoms with E-state index in [2.05, 4.69) is 10.3 Å². The summed E-state index contributed by atoms with van der Waals surface area (Å²) in [5.74, 6) is -0.456. The highest BCUT2D eigenvalue weighted by molar-refractivity contribution is 6.20. The lowest BCUT2D eigenvalue weighted by Crippen LogP contribution is -2.14. The Labute approximate surface area is 163 Å². The van der Waals surface area contributed by atoms with Crippen molar-refractivity contribution >= 4 is 17.5 Å². The molecule has 8 heteroatoms. The monoisotopic (exact) mass is 399 g/mol. The highest BCUT2D eigenvalue weighted by atomic mass is 19.4. The van der Waals surface area contributed by atoms with Gasteiger partial charge in [-0.25, -0.2) is 0 Å². The number of para-hydroxylation sites is 1. The molecule has 3 heterocycles. The summed E-state index contributed by atoms with van der Waals surface area (Å²) in [4.78, 5) is 26.9. The second-order valence-electron chi connectivity index (χ2n) is 6.78. The number of anilines is 1. The summed E-state index contributed by atoms with van der Waals surface area (Å²) in [7, 11) is 0. The lowest BCUT2D eigenvalue weighted by molar-refractivity contribution is -0.137. The first-order valence-electron chi connectivity index (χ1n) is 8.79. The summed E-state index contributed by atoms with van der Waals surface area (Å²) in [6.07, 6.45) is -1.51. The molecule has 1 aliphatic rings. The minimum absolute atomic E-state index is 0.0186. The van der Waals surface area contributed by atoms with Crippen LogP contribution in [0.15, 0.2) is 53.1 Å². The number of hydrogen-bond acceptors (Lipinski definition) is 3. The average Bonchev–Trinajstić information content (AvgIpc) is 3.12. The summed E-state index contributed by atoms with van der Waals surface area (Å²) in [5.41, 5.74) is 1.13. The summed E-state index contributed by atoms with van der Waals surface area (Å²) in [5, 5.41) is 2.91. The number of pyridine rings is 1. The van der Waals surface area contributed by atoms with E-state index in [4.69, 9.17) is 0 Å². The number of allylic oxidation sites excluding steroid dienone is 1. The summed E-state index contributed by atoms with van der Waals surface area (Å²) >= 11 is 0. The zero-order valence-electron chi connectivity index (χ0n) is 15.5. The molecule has 0 saturated heterocycles. The van der Waals surface area contributed by atoms with E-state index in [1.165, 1.54) is 22.9 Å². The lowest BCUT2D eigenvalue weighted by atomic mass is 10.1. The molecule has 0 saturated carbocycles. The van der Waals surface area contributed by atoms with Crippen molar-refractivity contribution in [3.8, 4) is 5.69 Å². The number of nitrogens with zero attached hydrogens (tertiary/aromatic N) is 1. The molecule has 148 valence electrons. The number of halogens is 3. The van der Waals surface area contributed by atoms with Gasteiger partial charge in [0.15, 0.2) is 0 Å². The Morgan fingerprint density at radius 2 is 1.79 bits per heavy atom. The molecule has 0 aliphatic carbocycles. The van der Waals surface area contributed by atoms with Crippen LogP contribution in [0.5, 0.6) is 0 Å². The molecule has 3 aromatic rings. The second-order valence-corrected chi connectivity index (χ2v) is 6.78. The molecule has 0 unspecified atom stereocenters. The quantitative estimate of drug-likeness (QED) is 0.626. The SMILES string of the molecule is Cc1cc(/C=C2/Nc3cc[nH]c(=O)c3C2=O)c(C)n1-c1ccccc1C(F)(F)F. The van der Waals surface area contributed by atoms with Gasteiger partial charge in [0.25, 0.3) is 5.56 Å². The van der Waals surface area contributed by atoms with E-state index in [1.54, 1.807) is 38.1 Å². The Kier molecular flexibility index (Phi) is 4.22. The molecular weight excluding hydrogens is 383 g/mol. The van der Waals surface area contributed by atoms with Crippen molar-refractivity contribution in [2.24, 2.45) is 0 Å². The van der Waals surface area contributed by atoms with Crippen LogP contribution in [-0.2, 0) is 6.18 Å². The third kappa shape index (κ3) is 3.06. The standard InChI is InChI=1S/C21H16F3N3O2/c1-11-9-13(10-16-19(28)18-15(26-16)7-8-25-20(18)29)12(2)27(11)17-6-4-3-5-14(17)21(22,23)24/h3-10,26H,1-2H3,(H,25,29)/b16-10+. The number of H-pyrrole nitrogens is 1. The van der Waals surface area contributed by atoms with Gasteiger partial charge in [0.05, 0.1) is 22.6 Å². The molecule has 0 atom stereocenters. The van der Waals surface area contributed by atoms with Gasteiger partial charge in [-0.05, 0) is 49.8 Å². The average molecular weight is 399 g/mol. The van der Waals surface area contributed by atoms with Crippen molar-refractivity contribution < 1.29 is 18.0 Å². The van der Waals surface area contributed by atoms with Crippen LogP contribution in [0.1, 0.15) is 32.9 Å². The maximum Gasteiger partial charge on any atom is 0.418 e. The first-order chi connectivity index (χ1) is 13.7. The van der Waals surface area contributed by atoms with Crippen molar-refractivity contribution in [3.05, 3.63) is 86.7 Å². The molecule has 2 aromatic heterocycles. The summed E-state index contributed by atoms with van der Waals surface area (Å²) in [6.45, 7) is 3.39. The summed E-state index contributed by atoms with van der Waals surface area (Å²) in [6, 6.07) is 8.63. The van der Waals surface area contributed by atoms with Crippen LogP contribution < -0.4 is 10.9 Å². The van der Waals surface area contributed by atoms with Crippen molar-refractivity contribution in [1.82, 2.24) is 9.55 Å². The number of rotatable bonds is 2. The fraction of sp³-hybridized carbons (Fsp3) is 0.143. The number of aryl methyl sites for hydroxylation is 1. The van der Waals surface area contributed by atoms with Crippen LogP contribution in [0.25, 0.3) is 11.8 Å². The van der Waals surface area contributed by atoms with Gasteiger partial charge >= 0.3 is 6.18 Å². The number of carbonyl (C=O) groups excluding carboxylic acids is 1. The van der Waals surface area contributed by atoms with Crippen LogP contribution in [0.2, 0.25) is 0 Å². The number of fused-ring (bicyclic) bond motifs is 1. The van der Waals surface area contributed by atoms with E-state index in [9.17, 15) is 22.8 Å². The van der Waals surface area contributed by atoms with Crippen LogP contribution in [0.4, 0.5) is 18.9 Å². The predicted octanol–water partition coefficient (Wildman–Crippen LogP) is 4.45. The Morgan fingerprint density at radius 3 is 2.48 bits per heavy atom. The largest absolute Gasteiger partial charge is 0.418 e. The van der Waals surface area contributed by atoms with Crippen molar-refractivity contribution in [3.63, 3.8) is 0 Å². The van der Waals surface area contributed by atoms with Crippen LogP contribution in [0, 0.1) is 13.8 Å². The number of ketones is 1. The second kappa shape index (κ2) is 6.51. The number of aromatic amines is 1. The van der Waals surface area contributed by atoms with Crippen molar-refractivity contribution in [2.45, 2.75) is 20.0 Å². The predicted molar refractivity (Wildman–Crippen MR) is 103 cm³/mol. The number of aromatic nitrogens is 2. The highest BCUT2D eigenvalue weighted by Crippen LogP contribution is 2.36. The van der Waals surface area contributed by atoms with Crippen molar-refractivity contribution in [2.75, 3.05) is 5.32 Å². The zero-order chi connectivity index (χ0) is 20.9. The smallest absolute Gasteiger partial charge is 0.351 e. The minimum atomic E-state index is -4.50. The number of alkyl halides is 3. The van der Waals surface area contributed by atoms with E-state index in [-0.39, 0.29) is 16.9 Å². The molecule has 0 fully saturated rings. The summed E-state index contributed by atoms with van der Waals surface area (Å²) < 4.78 is 41.9. The molecule has 0 spiro atoms. The Hall–Kier alpha value is -3.55. The molecule has 2 N–H and O–H groups in total. The first-order valence-corrected chi connectivity index (χ1v) is 8.79. The van der Waals surface area contributed by atoms with Gasteiger partial charge in [0.1, 0.15) is 5.56 Å². The van der Waals surface area contributed by atoms with E-state index in [0.29, 0.717) is 22.6 Å². The van der Waals surface area contributed by atoms with Crippen LogP contribution >= 0.6 is 0 Å². The Balaban J connectivity index is 1.82. The normalized spacial score (nSPS) is 14.9.